The molecule has 0 radical (unpaired) electrons. The quantitative estimate of drug-likeness (QED) is 0.414. The maximum absolute atomic E-state index is 9.55. The molecule has 2 aliphatic rings. The predicted molar refractivity (Wildman–Crippen MR) is 42.2 cm³/mol. The average Bonchev–Trinajstić information content (AvgIpc) is 2.59. The van der Waals surface area contributed by atoms with Crippen LogP contribution in [0.5, 0.6) is 0 Å². The zero-order chi connectivity index (χ0) is 8.72. The van der Waals surface area contributed by atoms with Crippen molar-refractivity contribution in [3.8, 4) is 0 Å². The van der Waals surface area contributed by atoms with Gasteiger partial charge in [0, 0.05) is 12.8 Å². The molecule has 4 nitrogen and oxygen atoms in total. The van der Waals surface area contributed by atoms with Crippen molar-refractivity contribution >= 4 is 6.21 Å². The number of aliphatic hydroxyl groups is 3. The zero-order valence-corrected chi connectivity index (χ0v) is 6.80. The second kappa shape index (κ2) is 2.80. The van der Waals surface area contributed by atoms with Gasteiger partial charge in [-0.05, 0) is 0 Å². The third kappa shape index (κ3) is 0.920. The highest BCUT2D eigenvalue weighted by Gasteiger charge is 2.53. The third-order valence-electron chi connectivity index (χ3n) is 2.89. The molecule has 0 aromatic rings. The molecule has 68 valence electrons. The molecule has 0 aliphatic carbocycles. The first-order chi connectivity index (χ1) is 5.75. The fourth-order valence-electron chi connectivity index (χ4n) is 2.24. The first kappa shape index (κ1) is 8.16. The standard InChI is InChI=1S/C8H14NO3/c10-4-6-8(12)7(11)5-2-1-3-9(5)6/h3,5-8,10-12H,1-2,4H2/q+1/t5-,6-,7-,8-/m1/s1. The Bertz CT molecular complexity index is 216. The van der Waals surface area contributed by atoms with Gasteiger partial charge >= 0.3 is 0 Å². The summed E-state index contributed by atoms with van der Waals surface area (Å²) in [4.78, 5) is 0. The predicted octanol–water partition coefficient (Wildman–Crippen LogP) is -1.67. The zero-order valence-electron chi connectivity index (χ0n) is 6.80. The van der Waals surface area contributed by atoms with Gasteiger partial charge in [0.1, 0.15) is 25.0 Å². The number of hydrogen-bond donors (Lipinski definition) is 3. The molecule has 12 heavy (non-hydrogen) atoms. The van der Waals surface area contributed by atoms with Crippen molar-refractivity contribution in [1.82, 2.24) is 0 Å². The van der Waals surface area contributed by atoms with Crippen molar-refractivity contribution in [1.29, 1.82) is 0 Å². The monoisotopic (exact) mass is 172 g/mol. The highest BCUT2D eigenvalue weighted by atomic mass is 16.3. The maximum atomic E-state index is 9.55. The van der Waals surface area contributed by atoms with Crippen LogP contribution in [0.25, 0.3) is 0 Å². The minimum Gasteiger partial charge on any atom is -0.389 e. The van der Waals surface area contributed by atoms with E-state index in [-0.39, 0.29) is 18.7 Å². The first-order valence-electron chi connectivity index (χ1n) is 4.33. The van der Waals surface area contributed by atoms with Crippen molar-refractivity contribution in [2.24, 2.45) is 0 Å². The van der Waals surface area contributed by atoms with Gasteiger partial charge in [-0.25, -0.2) is 4.58 Å². The van der Waals surface area contributed by atoms with Gasteiger partial charge in [0.15, 0.2) is 6.04 Å². The second-order valence-corrected chi connectivity index (χ2v) is 3.51. The molecule has 0 amide bonds. The van der Waals surface area contributed by atoms with Crippen LogP contribution < -0.4 is 0 Å². The number of rotatable bonds is 1. The largest absolute Gasteiger partial charge is 0.389 e. The molecule has 1 saturated heterocycles. The highest BCUT2D eigenvalue weighted by Crippen LogP contribution is 2.26. The van der Waals surface area contributed by atoms with Crippen molar-refractivity contribution < 1.29 is 19.9 Å². The lowest BCUT2D eigenvalue weighted by Gasteiger charge is -2.07. The number of fused-ring (bicyclic) bond motifs is 1. The molecular formula is C8H14NO3+. The topological polar surface area (TPSA) is 63.7 Å². The Balaban J connectivity index is 2.25. The number of nitrogens with zero attached hydrogens (tertiary/aromatic N) is 1. The Morgan fingerprint density at radius 2 is 2.08 bits per heavy atom. The smallest absolute Gasteiger partial charge is 0.203 e. The molecule has 0 saturated carbocycles. The summed E-state index contributed by atoms with van der Waals surface area (Å²) in [6, 6.07) is -0.273. The van der Waals surface area contributed by atoms with Crippen LogP contribution in [0, 0.1) is 0 Å². The molecule has 0 spiro atoms. The van der Waals surface area contributed by atoms with Crippen LogP contribution in [0.15, 0.2) is 0 Å². The van der Waals surface area contributed by atoms with E-state index in [1.807, 2.05) is 10.8 Å². The second-order valence-electron chi connectivity index (χ2n) is 3.51. The summed E-state index contributed by atoms with van der Waals surface area (Å²) in [5, 5.41) is 28.0. The van der Waals surface area contributed by atoms with E-state index in [1.54, 1.807) is 0 Å². The summed E-state index contributed by atoms with van der Waals surface area (Å²) in [5.74, 6) is 0. The Morgan fingerprint density at radius 3 is 2.75 bits per heavy atom. The van der Waals surface area contributed by atoms with Crippen LogP contribution in [0.4, 0.5) is 0 Å². The van der Waals surface area contributed by atoms with Crippen LogP contribution in [0.2, 0.25) is 0 Å². The van der Waals surface area contributed by atoms with Gasteiger partial charge in [-0.1, -0.05) is 0 Å². The summed E-state index contributed by atoms with van der Waals surface area (Å²) in [7, 11) is 0. The molecule has 4 heteroatoms. The van der Waals surface area contributed by atoms with E-state index in [1.165, 1.54) is 0 Å². The fraction of sp³-hybridized carbons (Fsp3) is 0.875. The lowest BCUT2D eigenvalue weighted by molar-refractivity contribution is -0.576. The Hall–Kier alpha value is -0.450. The Morgan fingerprint density at radius 1 is 1.33 bits per heavy atom. The lowest BCUT2D eigenvalue weighted by atomic mass is 10.1. The molecule has 0 bridgehead atoms. The minimum atomic E-state index is -0.795. The number of hydrogen-bond acceptors (Lipinski definition) is 3. The summed E-state index contributed by atoms with van der Waals surface area (Å²) < 4.78 is 1.90. The Labute approximate surface area is 70.8 Å². The normalized spacial score (nSPS) is 46.1. The van der Waals surface area contributed by atoms with E-state index in [0.29, 0.717) is 0 Å². The molecule has 1 fully saturated rings. The molecule has 0 unspecified atom stereocenters. The summed E-state index contributed by atoms with van der Waals surface area (Å²) in [6.45, 7) is -0.0920. The van der Waals surface area contributed by atoms with Gasteiger partial charge in [0.25, 0.3) is 0 Å². The van der Waals surface area contributed by atoms with E-state index in [0.717, 1.165) is 12.8 Å². The van der Waals surface area contributed by atoms with Gasteiger partial charge in [0.2, 0.25) is 6.04 Å². The van der Waals surface area contributed by atoms with E-state index >= 15 is 0 Å². The van der Waals surface area contributed by atoms with Crippen LogP contribution in [-0.4, -0.2) is 57.0 Å². The lowest BCUT2D eigenvalue weighted by Crippen LogP contribution is -2.35. The minimum absolute atomic E-state index is 0.0251. The first-order valence-corrected chi connectivity index (χ1v) is 4.33. The van der Waals surface area contributed by atoms with Gasteiger partial charge in [-0.15, -0.1) is 0 Å². The van der Waals surface area contributed by atoms with Crippen LogP contribution in [0.1, 0.15) is 12.8 Å². The van der Waals surface area contributed by atoms with Crippen molar-refractivity contribution in [2.75, 3.05) is 6.61 Å². The third-order valence-corrected chi connectivity index (χ3v) is 2.89. The molecule has 0 aromatic heterocycles. The van der Waals surface area contributed by atoms with Crippen LogP contribution >= 0.6 is 0 Å². The summed E-state index contributed by atoms with van der Waals surface area (Å²) in [5.41, 5.74) is 0. The van der Waals surface area contributed by atoms with E-state index in [2.05, 4.69) is 0 Å². The van der Waals surface area contributed by atoms with E-state index in [9.17, 15) is 10.2 Å². The van der Waals surface area contributed by atoms with Gasteiger partial charge in [0.05, 0.1) is 0 Å². The molecule has 4 atom stereocenters. The molecule has 0 aromatic carbocycles. The maximum Gasteiger partial charge on any atom is 0.203 e. The van der Waals surface area contributed by atoms with E-state index < -0.39 is 12.2 Å². The van der Waals surface area contributed by atoms with Crippen molar-refractivity contribution in [2.45, 2.75) is 37.1 Å². The van der Waals surface area contributed by atoms with Crippen LogP contribution in [-0.2, 0) is 0 Å². The summed E-state index contributed by atoms with van der Waals surface area (Å²) >= 11 is 0. The SMILES string of the molecule is OC[C@@H]1[C@@H](O)[C@H](O)[C@H]2CCC=[N+]12. The molecular weight excluding hydrogens is 158 g/mol. The van der Waals surface area contributed by atoms with Gasteiger partial charge in [-0.2, -0.15) is 0 Å². The van der Waals surface area contributed by atoms with Gasteiger partial charge < -0.3 is 15.3 Å². The molecule has 3 N–H and O–H groups in total. The van der Waals surface area contributed by atoms with Crippen molar-refractivity contribution in [3.63, 3.8) is 0 Å². The van der Waals surface area contributed by atoms with Gasteiger partial charge in [-0.3, -0.25) is 0 Å². The molecule has 2 heterocycles. The average molecular weight is 172 g/mol. The van der Waals surface area contributed by atoms with Crippen LogP contribution in [0.3, 0.4) is 0 Å². The van der Waals surface area contributed by atoms with Crippen molar-refractivity contribution in [3.05, 3.63) is 0 Å². The van der Waals surface area contributed by atoms with E-state index in [4.69, 9.17) is 5.11 Å². The summed E-state index contributed by atoms with van der Waals surface area (Å²) in [6.07, 6.45) is 2.29. The fourth-order valence-corrected chi connectivity index (χ4v) is 2.24. The molecule has 2 aliphatic heterocycles. The Kier molecular flexibility index (Phi) is 1.90. The molecule has 2 rings (SSSR count). The number of aliphatic hydroxyl groups excluding tert-OH is 3. The highest BCUT2D eigenvalue weighted by molar-refractivity contribution is 5.53.